The highest BCUT2D eigenvalue weighted by atomic mass is 16.5. The summed E-state index contributed by atoms with van der Waals surface area (Å²) in [7, 11) is 0. The summed E-state index contributed by atoms with van der Waals surface area (Å²) in [5.74, 6) is -1.11. The van der Waals surface area contributed by atoms with Crippen LogP contribution in [0, 0.1) is 5.92 Å². The summed E-state index contributed by atoms with van der Waals surface area (Å²) < 4.78 is 5.15. The number of esters is 1. The van der Waals surface area contributed by atoms with Crippen LogP contribution in [-0.4, -0.2) is 41.2 Å². The van der Waals surface area contributed by atoms with E-state index >= 15 is 0 Å². The second-order valence-electron chi connectivity index (χ2n) is 8.45. The van der Waals surface area contributed by atoms with Gasteiger partial charge < -0.3 is 10.1 Å². The molecule has 1 N–H and O–H groups in total. The van der Waals surface area contributed by atoms with Crippen LogP contribution in [0.25, 0.3) is 0 Å². The summed E-state index contributed by atoms with van der Waals surface area (Å²) in [4.78, 5) is 50.6. The van der Waals surface area contributed by atoms with E-state index in [4.69, 9.17) is 4.74 Å². The van der Waals surface area contributed by atoms with Crippen LogP contribution in [-0.2, 0) is 16.1 Å². The zero-order valence-corrected chi connectivity index (χ0v) is 18.0. The predicted molar refractivity (Wildman–Crippen MR) is 117 cm³/mol. The molecule has 3 amide bonds. The molecule has 0 saturated heterocycles. The van der Waals surface area contributed by atoms with Gasteiger partial charge in [-0.3, -0.25) is 19.3 Å². The Morgan fingerprint density at radius 3 is 2.22 bits per heavy atom. The minimum atomic E-state index is -0.593. The zero-order valence-electron chi connectivity index (χ0n) is 18.0. The lowest BCUT2D eigenvalue weighted by Crippen LogP contribution is -2.42. The average Bonchev–Trinajstić information content (AvgIpc) is 3.04. The van der Waals surface area contributed by atoms with Gasteiger partial charge in [-0.1, -0.05) is 44.0 Å². The molecule has 4 rings (SSSR count). The Kier molecular flexibility index (Phi) is 6.35. The second-order valence-corrected chi connectivity index (χ2v) is 8.45. The summed E-state index contributed by atoms with van der Waals surface area (Å²) in [6.07, 6.45) is 4.33. The first-order valence-corrected chi connectivity index (χ1v) is 10.9. The third kappa shape index (κ3) is 4.56. The molecule has 0 aromatic heterocycles. The van der Waals surface area contributed by atoms with Crippen LogP contribution in [0.3, 0.4) is 0 Å². The molecule has 1 aliphatic heterocycles. The van der Waals surface area contributed by atoms with E-state index in [1.54, 1.807) is 48.5 Å². The maximum atomic E-state index is 12.5. The fourth-order valence-electron chi connectivity index (χ4n) is 4.31. The standard InChI is InChI=1S/C25H26N2O5/c1-16-6-2-5-9-21(16)26-22(28)15-32-25(31)18-12-10-17(11-13-18)14-27-23(29)19-7-3-4-8-20(19)24(27)30/h3-4,7-8,10-13,16,21H,2,5-6,9,14-15H2,1H3,(H,26,28). The number of amides is 3. The van der Waals surface area contributed by atoms with E-state index in [1.807, 2.05) is 0 Å². The first-order chi connectivity index (χ1) is 15.4. The van der Waals surface area contributed by atoms with Crippen molar-refractivity contribution in [3.8, 4) is 0 Å². The largest absolute Gasteiger partial charge is 0.452 e. The number of hydrogen-bond donors (Lipinski definition) is 1. The van der Waals surface area contributed by atoms with Crippen LogP contribution in [0.2, 0.25) is 0 Å². The monoisotopic (exact) mass is 434 g/mol. The van der Waals surface area contributed by atoms with E-state index in [1.165, 1.54) is 11.3 Å². The molecule has 0 bridgehead atoms. The van der Waals surface area contributed by atoms with Crippen LogP contribution in [0.15, 0.2) is 48.5 Å². The van der Waals surface area contributed by atoms with Crippen molar-refractivity contribution in [1.82, 2.24) is 10.2 Å². The average molecular weight is 434 g/mol. The number of hydrogen-bond acceptors (Lipinski definition) is 5. The number of fused-ring (bicyclic) bond motifs is 1. The van der Waals surface area contributed by atoms with Gasteiger partial charge in [0, 0.05) is 6.04 Å². The van der Waals surface area contributed by atoms with Gasteiger partial charge in [0.1, 0.15) is 0 Å². The van der Waals surface area contributed by atoms with E-state index in [-0.39, 0.29) is 36.9 Å². The molecule has 7 heteroatoms. The second kappa shape index (κ2) is 9.34. The minimum Gasteiger partial charge on any atom is -0.452 e. The molecule has 1 heterocycles. The van der Waals surface area contributed by atoms with Gasteiger partial charge >= 0.3 is 5.97 Å². The van der Waals surface area contributed by atoms with Gasteiger partial charge in [-0.05, 0) is 48.6 Å². The molecule has 0 radical (unpaired) electrons. The van der Waals surface area contributed by atoms with Crippen LogP contribution in [0.5, 0.6) is 0 Å². The number of rotatable bonds is 6. The fraction of sp³-hybridized carbons (Fsp3) is 0.360. The number of carbonyl (C=O) groups is 4. The maximum absolute atomic E-state index is 12.5. The number of carbonyl (C=O) groups excluding carboxylic acids is 4. The van der Waals surface area contributed by atoms with Gasteiger partial charge in [-0.25, -0.2) is 4.79 Å². The van der Waals surface area contributed by atoms with Crippen molar-refractivity contribution in [3.63, 3.8) is 0 Å². The smallest absolute Gasteiger partial charge is 0.338 e. The van der Waals surface area contributed by atoms with Gasteiger partial charge in [0.25, 0.3) is 17.7 Å². The van der Waals surface area contributed by atoms with Crippen molar-refractivity contribution < 1.29 is 23.9 Å². The topological polar surface area (TPSA) is 92.8 Å². The van der Waals surface area contributed by atoms with Crippen molar-refractivity contribution in [3.05, 3.63) is 70.8 Å². The highest BCUT2D eigenvalue weighted by molar-refractivity contribution is 6.21. The summed E-state index contributed by atoms with van der Waals surface area (Å²) in [5, 5.41) is 2.96. The molecule has 2 aliphatic rings. The Labute approximate surface area is 186 Å². The lowest BCUT2D eigenvalue weighted by Gasteiger charge is -2.29. The van der Waals surface area contributed by atoms with Crippen molar-refractivity contribution >= 4 is 23.7 Å². The quantitative estimate of drug-likeness (QED) is 0.556. The summed E-state index contributed by atoms with van der Waals surface area (Å²) >= 11 is 0. The molecular formula is C25H26N2O5. The third-order valence-corrected chi connectivity index (χ3v) is 6.20. The van der Waals surface area contributed by atoms with Crippen molar-refractivity contribution in [2.45, 2.75) is 45.2 Å². The van der Waals surface area contributed by atoms with Crippen molar-refractivity contribution in [2.75, 3.05) is 6.61 Å². The summed E-state index contributed by atoms with van der Waals surface area (Å²) in [6, 6.07) is 13.3. The lowest BCUT2D eigenvalue weighted by molar-refractivity contribution is -0.125. The van der Waals surface area contributed by atoms with Crippen LogP contribution in [0.4, 0.5) is 0 Å². The number of benzene rings is 2. The van der Waals surface area contributed by atoms with Crippen LogP contribution >= 0.6 is 0 Å². The highest BCUT2D eigenvalue weighted by Gasteiger charge is 2.35. The molecule has 2 aromatic carbocycles. The van der Waals surface area contributed by atoms with E-state index in [0.717, 1.165) is 19.3 Å². The molecule has 1 aliphatic carbocycles. The molecule has 166 valence electrons. The van der Waals surface area contributed by atoms with E-state index < -0.39 is 5.97 Å². The molecule has 1 saturated carbocycles. The van der Waals surface area contributed by atoms with Crippen LogP contribution in [0.1, 0.15) is 69.2 Å². The molecule has 32 heavy (non-hydrogen) atoms. The Balaban J connectivity index is 1.30. The van der Waals surface area contributed by atoms with E-state index in [9.17, 15) is 19.2 Å². The number of imide groups is 1. The maximum Gasteiger partial charge on any atom is 0.338 e. The Morgan fingerprint density at radius 2 is 1.59 bits per heavy atom. The lowest BCUT2D eigenvalue weighted by atomic mass is 9.86. The van der Waals surface area contributed by atoms with Gasteiger partial charge in [0.2, 0.25) is 0 Å². The molecule has 1 fully saturated rings. The number of nitrogens with zero attached hydrogens (tertiary/aromatic N) is 1. The van der Waals surface area contributed by atoms with Crippen LogP contribution < -0.4 is 5.32 Å². The van der Waals surface area contributed by atoms with Gasteiger partial charge in [0.05, 0.1) is 23.2 Å². The number of ether oxygens (including phenoxy) is 1. The summed E-state index contributed by atoms with van der Waals surface area (Å²) in [5.41, 5.74) is 1.81. The van der Waals surface area contributed by atoms with E-state index in [0.29, 0.717) is 28.2 Å². The first-order valence-electron chi connectivity index (χ1n) is 10.9. The zero-order chi connectivity index (χ0) is 22.7. The highest BCUT2D eigenvalue weighted by Crippen LogP contribution is 2.25. The Hall–Kier alpha value is -3.48. The molecule has 2 unspecified atom stereocenters. The SMILES string of the molecule is CC1CCCCC1NC(=O)COC(=O)c1ccc(CN2C(=O)c3ccccc3C2=O)cc1. The third-order valence-electron chi connectivity index (χ3n) is 6.20. The predicted octanol–water partition coefficient (Wildman–Crippen LogP) is 3.33. The van der Waals surface area contributed by atoms with Crippen molar-refractivity contribution in [2.24, 2.45) is 5.92 Å². The summed E-state index contributed by atoms with van der Waals surface area (Å²) in [6.45, 7) is 1.92. The Morgan fingerprint density at radius 1 is 0.969 bits per heavy atom. The number of nitrogens with one attached hydrogen (secondary N) is 1. The molecule has 0 spiro atoms. The van der Waals surface area contributed by atoms with E-state index in [2.05, 4.69) is 12.2 Å². The molecule has 2 aromatic rings. The Bertz CT molecular complexity index is 1010. The normalized spacial score (nSPS) is 20.1. The van der Waals surface area contributed by atoms with Gasteiger partial charge in [-0.2, -0.15) is 0 Å². The van der Waals surface area contributed by atoms with Crippen molar-refractivity contribution in [1.29, 1.82) is 0 Å². The van der Waals surface area contributed by atoms with Gasteiger partial charge in [0.15, 0.2) is 6.61 Å². The molecule has 2 atom stereocenters. The molecular weight excluding hydrogens is 408 g/mol. The fourth-order valence-corrected chi connectivity index (χ4v) is 4.31. The van der Waals surface area contributed by atoms with Gasteiger partial charge in [-0.15, -0.1) is 0 Å². The minimum absolute atomic E-state index is 0.115. The molecule has 7 nitrogen and oxygen atoms in total. The first kappa shape index (κ1) is 21.7.